The molecule has 7 heteroatoms. The lowest BCUT2D eigenvalue weighted by atomic mass is 10.1. The number of halogens is 1. The van der Waals surface area contributed by atoms with Crippen LogP contribution in [0, 0.1) is 0 Å². The van der Waals surface area contributed by atoms with Crippen molar-refractivity contribution in [1.29, 1.82) is 0 Å². The van der Waals surface area contributed by atoms with Gasteiger partial charge < -0.3 is 4.52 Å². The van der Waals surface area contributed by atoms with E-state index in [4.69, 9.17) is 16.1 Å². The van der Waals surface area contributed by atoms with Crippen molar-refractivity contribution in [2.24, 2.45) is 0 Å². The van der Waals surface area contributed by atoms with Gasteiger partial charge >= 0.3 is 0 Å². The maximum absolute atomic E-state index is 10.8. The van der Waals surface area contributed by atoms with Crippen LogP contribution in [0.2, 0.25) is 5.02 Å². The van der Waals surface area contributed by atoms with E-state index in [1.807, 2.05) is 6.07 Å². The third-order valence-corrected chi connectivity index (χ3v) is 2.88. The highest BCUT2D eigenvalue weighted by Gasteiger charge is 2.09. The predicted molar refractivity (Wildman–Crippen MR) is 66.6 cm³/mol. The lowest BCUT2D eigenvalue weighted by Gasteiger charge is -1.95. The first-order valence-corrected chi connectivity index (χ1v) is 7.19. The summed E-state index contributed by atoms with van der Waals surface area (Å²) in [6.45, 7) is -0.174. The van der Waals surface area contributed by atoms with E-state index in [9.17, 15) is 8.42 Å². The van der Waals surface area contributed by atoms with Crippen molar-refractivity contribution in [3.05, 3.63) is 41.1 Å². The summed E-state index contributed by atoms with van der Waals surface area (Å²) in [6, 6.07) is 8.71. The Balaban J connectivity index is 2.16. The third-order valence-electron chi connectivity index (χ3n) is 2.09. The molecule has 2 rings (SSSR count). The lowest BCUT2D eigenvalue weighted by Crippen LogP contribution is -2.01. The van der Waals surface area contributed by atoms with Crippen LogP contribution in [0.4, 0.5) is 0 Å². The van der Waals surface area contributed by atoms with Crippen molar-refractivity contribution in [2.45, 2.75) is 6.61 Å². The van der Waals surface area contributed by atoms with Gasteiger partial charge in [-0.15, -0.1) is 0 Å². The van der Waals surface area contributed by atoms with E-state index in [2.05, 4.69) is 9.34 Å². The van der Waals surface area contributed by atoms with Crippen molar-refractivity contribution >= 4 is 21.7 Å². The number of nitrogens with zero attached hydrogens (tertiary/aromatic N) is 1. The Kier molecular flexibility index (Phi) is 3.70. The summed E-state index contributed by atoms with van der Waals surface area (Å²) in [5, 5.41) is 4.41. The minimum Gasteiger partial charge on any atom is -0.358 e. The molecule has 18 heavy (non-hydrogen) atoms. The molecule has 0 saturated heterocycles. The maximum Gasteiger partial charge on any atom is 0.264 e. The molecule has 2 aromatic rings. The van der Waals surface area contributed by atoms with E-state index >= 15 is 0 Å². The zero-order valence-corrected chi connectivity index (χ0v) is 11.0. The molecule has 0 aliphatic carbocycles. The van der Waals surface area contributed by atoms with E-state index in [0.29, 0.717) is 16.5 Å². The first-order chi connectivity index (χ1) is 8.44. The molecule has 0 fully saturated rings. The minimum atomic E-state index is -3.49. The molecular formula is C11H10ClNO4S. The highest BCUT2D eigenvalue weighted by atomic mass is 35.5. The summed E-state index contributed by atoms with van der Waals surface area (Å²) in [5.74, 6) is 0.329. The van der Waals surface area contributed by atoms with E-state index in [0.717, 1.165) is 11.8 Å². The molecule has 0 radical (unpaired) electrons. The van der Waals surface area contributed by atoms with Gasteiger partial charge in [0.05, 0.1) is 6.26 Å². The van der Waals surface area contributed by atoms with Crippen molar-refractivity contribution < 1.29 is 17.1 Å². The largest absolute Gasteiger partial charge is 0.358 e. The van der Waals surface area contributed by atoms with Crippen molar-refractivity contribution in [1.82, 2.24) is 5.16 Å². The minimum absolute atomic E-state index is 0.174. The molecule has 0 N–H and O–H groups in total. The van der Waals surface area contributed by atoms with Crippen LogP contribution < -0.4 is 0 Å². The topological polar surface area (TPSA) is 69.4 Å². The van der Waals surface area contributed by atoms with Gasteiger partial charge in [0.1, 0.15) is 12.3 Å². The molecule has 0 aliphatic rings. The fourth-order valence-electron chi connectivity index (χ4n) is 1.33. The smallest absolute Gasteiger partial charge is 0.264 e. The Morgan fingerprint density at radius 2 is 2.17 bits per heavy atom. The van der Waals surface area contributed by atoms with Crippen LogP contribution in [0.25, 0.3) is 11.3 Å². The first kappa shape index (κ1) is 13.1. The highest BCUT2D eigenvalue weighted by molar-refractivity contribution is 7.85. The van der Waals surface area contributed by atoms with Crippen LogP contribution in [0.3, 0.4) is 0 Å². The van der Waals surface area contributed by atoms with E-state index in [1.165, 1.54) is 0 Å². The zero-order valence-electron chi connectivity index (χ0n) is 9.46. The first-order valence-electron chi connectivity index (χ1n) is 5.00. The van der Waals surface area contributed by atoms with E-state index in [-0.39, 0.29) is 6.61 Å². The van der Waals surface area contributed by atoms with E-state index in [1.54, 1.807) is 24.3 Å². The second-order valence-electron chi connectivity index (χ2n) is 3.66. The number of hydrogen-bond donors (Lipinski definition) is 0. The lowest BCUT2D eigenvalue weighted by molar-refractivity contribution is 0.256. The molecular weight excluding hydrogens is 278 g/mol. The Hall–Kier alpha value is -1.37. The van der Waals surface area contributed by atoms with Gasteiger partial charge in [0, 0.05) is 16.7 Å². The Labute approximate surface area is 109 Å². The summed E-state index contributed by atoms with van der Waals surface area (Å²) in [6.07, 6.45) is 0.973. The second kappa shape index (κ2) is 5.09. The molecule has 1 aromatic heterocycles. The average molecular weight is 288 g/mol. The van der Waals surface area contributed by atoms with Crippen LogP contribution in [-0.4, -0.2) is 19.8 Å². The molecule has 1 heterocycles. The van der Waals surface area contributed by atoms with Crippen LogP contribution in [-0.2, 0) is 20.9 Å². The van der Waals surface area contributed by atoms with Gasteiger partial charge in [-0.25, -0.2) is 0 Å². The fraction of sp³-hybridized carbons (Fsp3) is 0.182. The Morgan fingerprint density at radius 1 is 1.39 bits per heavy atom. The molecule has 0 saturated carbocycles. The van der Waals surface area contributed by atoms with Gasteiger partial charge in [-0.3, -0.25) is 4.18 Å². The van der Waals surface area contributed by atoms with Crippen molar-refractivity contribution in [2.75, 3.05) is 6.26 Å². The molecule has 96 valence electrons. The summed E-state index contributed by atoms with van der Waals surface area (Å²) in [4.78, 5) is 0. The van der Waals surface area contributed by atoms with Crippen LogP contribution >= 0.6 is 11.6 Å². The van der Waals surface area contributed by atoms with Crippen molar-refractivity contribution in [3.63, 3.8) is 0 Å². The highest BCUT2D eigenvalue weighted by Crippen LogP contribution is 2.22. The summed E-state index contributed by atoms with van der Waals surface area (Å²) < 4.78 is 31.2. The quantitative estimate of drug-likeness (QED) is 0.808. The number of hydrogen-bond acceptors (Lipinski definition) is 5. The zero-order chi connectivity index (χ0) is 13.2. The maximum atomic E-state index is 10.8. The van der Waals surface area contributed by atoms with E-state index < -0.39 is 10.1 Å². The fourth-order valence-corrected chi connectivity index (χ4v) is 1.85. The summed E-state index contributed by atoms with van der Waals surface area (Å²) in [7, 11) is -3.49. The molecule has 0 bridgehead atoms. The van der Waals surface area contributed by atoms with Crippen LogP contribution in [0.5, 0.6) is 0 Å². The van der Waals surface area contributed by atoms with Gasteiger partial charge in [0.15, 0.2) is 5.76 Å². The molecule has 0 unspecified atom stereocenters. The second-order valence-corrected chi connectivity index (χ2v) is 5.74. The van der Waals surface area contributed by atoms with Crippen LogP contribution in [0.15, 0.2) is 34.9 Å². The number of rotatable bonds is 4. The standard InChI is InChI=1S/C11H10ClNO4S/c1-18(14,15)16-7-10-6-11(13-17-10)8-3-2-4-9(12)5-8/h2-6H,7H2,1H3. The predicted octanol–water partition coefficient (Wildman–Crippen LogP) is 2.47. The normalized spacial score (nSPS) is 11.7. The SMILES string of the molecule is CS(=O)(=O)OCc1cc(-c2cccc(Cl)c2)no1. The van der Waals surface area contributed by atoms with Gasteiger partial charge in [0.2, 0.25) is 0 Å². The Morgan fingerprint density at radius 3 is 2.83 bits per heavy atom. The Bertz CT molecular complexity index is 651. The molecule has 0 aliphatic heterocycles. The van der Waals surface area contributed by atoms with Crippen molar-refractivity contribution in [3.8, 4) is 11.3 Å². The van der Waals surface area contributed by atoms with Gasteiger partial charge in [-0.05, 0) is 12.1 Å². The monoisotopic (exact) mass is 287 g/mol. The van der Waals surface area contributed by atoms with Crippen LogP contribution in [0.1, 0.15) is 5.76 Å². The molecule has 1 aromatic carbocycles. The number of benzene rings is 1. The van der Waals surface area contributed by atoms with Gasteiger partial charge in [-0.2, -0.15) is 8.42 Å². The third kappa shape index (κ3) is 3.56. The summed E-state index contributed by atoms with van der Waals surface area (Å²) >= 11 is 5.86. The molecule has 5 nitrogen and oxygen atoms in total. The van der Waals surface area contributed by atoms with Gasteiger partial charge in [-0.1, -0.05) is 28.9 Å². The van der Waals surface area contributed by atoms with Gasteiger partial charge in [0.25, 0.3) is 10.1 Å². The molecule has 0 spiro atoms. The number of aromatic nitrogens is 1. The molecule has 0 atom stereocenters. The summed E-state index contributed by atoms with van der Waals surface area (Å²) in [5.41, 5.74) is 1.36. The molecule has 0 amide bonds. The average Bonchev–Trinajstić information content (AvgIpc) is 2.74.